The van der Waals surface area contributed by atoms with Crippen LogP contribution >= 0.6 is 0 Å². The fourth-order valence-corrected chi connectivity index (χ4v) is 1.98. The van der Waals surface area contributed by atoms with Gasteiger partial charge >= 0.3 is 6.03 Å². The molecular formula is C13H15N3O2. The van der Waals surface area contributed by atoms with Crippen molar-refractivity contribution < 1.29 is 4.79 Å². The first-order valence-electron chi connectivity index (χ1n) is 5.65. The number of nitrogens with one attached hydrogen (secondary N) is 1. The van der Waals surface area contributed by atoms with Crippen LogP contribution in [0.5, 0.6) is 0 Å². The number of hydrogen-bond acceptors (Lipinski definition) is 2. The second-order valence-electron chi connectivity index (χ2n) is 4.24. The zero-order valence-corrected chi connectivity index (χ0v) is 10.3. The number of H-pyrrole nitrogens is 1. The quantitative estimate of drug-likeness (QED) is 0.842. The van der Waals surface area contributed by atoms with Gasteiger partial charge < -0.3 is 15.6 Å². The topological polar surface area (TPSA) is 79.2 Å². The molecule has 1 atom stereocenters. The largest absolute Gasteiger partial charge is 0.351 e. The SMILES string of the molecule is CC(c1c[nH]c(=O)c2ccccc12)N(C)C(N)=O. The van der Waals surface area contributed by atoms with Crippen molar-refractivity contribution in [1.82, 2.24) is 9.88 Å². The van der Waals surface area contributed by atoms with E-state index in [4.69, 9.17) is 5.73 Å². The molecule has 1 aromatic heterocycles. The van der Waals surface area contributed by atoms with Crippen LogP contribution in [0.15, 0.2) is 35.3 Å². The van der Waals surface area contributed by atoms with Crippen LogP contribution in [0, 0.1) is 0 Å². The summed E-state index contributed by atoms with van der Waals surface area (Å²) < 4.78 is 0. The molecule has 0 aliphatic heterocycles. The van der Waals surface area contributed by atoms with Crippen LogP contribution in [0.25, 0.3) is 10.8 Å². The van der Waals surface area contributed by atoms with Gasteiger partial charge in [0, 0.05) is 18.6 Å². The number of nitrogens with zero attached hydrogens (tertiary/aromatic N) is 1. The van der Waals surface area contributed by atoms with E-state index in [1.54, 1.807) is 19.3 Å². The number of pyridine rings is 1. The van der Waals surface area contributed by atoms with E-state index in [0.29, 0.717) is 5.39 Å². The Balaban J connectivity index is 2.62. The summed E-state index contributed by atoms with van der Waals surface area (Å²) in [6, 6.07) is 6.59. The number of carbonyl (C=O) groups is 1. The summed E-state index contributed by atoms with van der Waals surface area (Å²) in [4.78, 5) is 27.0. The molecule has 0 aliphatic rings. The Hall–Kier alpha value is -2.30. The molecule has 0 spiro atoms. The average molecular weight is 245 g/mol. The van der Waals surface area contributed by atoms with E-state index in [-0.39, 0.29) is 11.6 Å². The Kier molecular flexibility index (Phi) is 3.06. The Morgan fingerprint density at radius 3 is 2.56 bits per heavy atom. The molecule has 2 aromatic rings. The van der Waals surface area contributed by atoms with E-state index in [1.165, 1.54) is 4.90 Å². The lowest BCUT2D eigenvalue weighted by Gasteiger charge is -2.24. The first-order valence-corrected chi connectivity index (χ1v) is 5.65. The smallest absolute Gasteiger partial charge is 0.315 e. The third-order valence-corrected chi connectivity index (χ3v) is 3.22. The van der Waals surface area contributed by atoms with Crippen LogP contribution < -0.4 is 11.3 Å². The molecule has 1 aromatic carbocycles. The number of urea groups is 1. The number of aromatic nitrogens is 1. The first kappa shape index (κ1) is 12.2. The zero-order valence-electron chi connectivity index (χ0n) is 10.3. The summed E-state index contributed by atoms with van der Waals surface area (Å²) in [6.45, 7) is 1.87. The van der Waals surface area contributed by atoms with Gasteiger partial charge in [-0.1, -0.05) is 18.2 Å². The van der Waals surface area contributed by atoms with Gasteiger partial charge in [-0.2, -0.15) is 0 Å². The number of hydrogen-bond donors (Lipinski definition) is 2. The summed E-state index contributed by atoms with van der Waals surface area (Å²) >= 11 is 0. The van der Waals surface area contributed by atoms with Crippen LogP contribution in [-0.4, -0.2) is 23.0 Å². The molecule has 1 unspecified atom stereocenters. The molecule has 5 nitrogen and oxygen atoms in total. The Labute approximate surface area is 104 Å². The first-order chi connectivity index (χ1) is 8.52. The maximum atomic E-state index is 11.7. The lowest BCUT2D eigenvalue weighted by Crippen LogP contribution is -2.34. The van der Waals surface area contributed by atoms with E-state index in [2.05, 4.69) is 4.98 Å². The lowest BCUT2D eigenvalue weighted by atomic mass is 10.0. The molecule has 0 fully saturated rings. The van der Waals surface area contributed by atoms with Crippen molar-refractivity contribution in [2.75, 3.05) is 7.05 Å². The zero-order chi connectivity index (χ0) is 13.3. The minimum Gasteiger partial charge on any atom is -0.351 e. The van der Waals surface area contributed by atoms with Crippen molar-refractivity contribution in [3.05, 3.63) is 46.4 Å². The number of nitrogens with two attached hydrogens (primary N) is 1. The molecule has 0 bridgehead atoms. The van der Waals surface area contributed by atoms with E-state index < -0.39 is 6.03 Å². The number of rotatable bonds is 2. The molecule has 0 saturated heterocycles. The van der Waals surface area contributed by atoms with Crippen molar-refractivity contribution in [2.45, 2.75) is 13.0 Å². The van der Waals surface area contributed by atoms with Crippen LogP contribution in [0.1, 0.15) is 18.5 Å². The summed E-state index contributed by atoms with van der Waals surface area (Å²) in [7, 11) is 1.63. The second kappa shape index (κ2) is 4.52. The van der Waals surface area contributed by atoms with Gasteiger partial charge in [0.05, 0.1) is 6.04 Å². The van der Waals surface area contributed by atoms with Crippen LogP contribution in [0.3, 0.4) is 0 Å². The second-order valence-corrected chi connectivity index (χ2v) is 4.24. The van der Waals surface area contributed by atoms with E-state index in [9.17, 15) is 9.59 Å². The monoisotopic (exact) mass is 245 g/mol. The Morgan fingerprint density at radius 1 is 1.33 bits per heavy atom. The molecule has 0 saturated carbocycles. The van der Waals surface area contributed by atoms with Gasteiger partial charge in [0.1, 0.15) is 0 Å². The standard InChI is InChI=1S/C13H15N3O2/c1-8(16(2)13(14)18)11-7-15-12(17)10-6-4-3-5-9(10)11/h3-8H,1-2H3,(H2,14,18)(H,15,17). The van der Waals surface area contributed by atoms with Gasteiger partial charge in [-0.3, -0.25) is 4.79 Å². The molecule has 5 heteroatoms. The van der Waals surface area contributed by atoms with Gasteiger partial charge in [0.15, 0.2) is 0 Å². The minimum atomic E-state index is -0.502. The predicted molar refractivity (Wildman–Crippen MR) is 70.3 cm³/mol. The number of aromatic amines is 1. The molecule has 94 valence electrons. The van der Waals surface area contributed by atoms with Gasteiger partial charge in [0.2, 0.25) is 0 Å². The van der Waals surface area contributed by atoms with Crippen molar-refractivity contribution >= 4 is 16.8 Å². The summed E-state index contributed by atoms with van der Waals surface area (Å²) in [6.07, 6.45) is 1.63. The average Bonchev–Trinajstić information content (AvgIpc) is 2.38. The highest BCUT2D eigenvalue weighted by Crippen LogP contribution is 2.24. The van der Waals surface area contributed by atoms with E-state index >= 15 is 0 Å². The molecule has 2 rings (SSSR count). The number of fused-ring (bicyclic) bond motifs is 1. The fraction of sp³-hybridized carbons (Fsp3) is 0.231. The molecule has 0 radical (unpaired) electrons. The molecule has 3 N–H and O–H groups in total. The number of benzene rings is 1. The van der Waals surface area contributed by atoms with E-state index in [1.807, 2.05) is 25.1 Å². The van der Waals surface area contributed by atoms with Crippen molar-refractivity contribution in [2.24, 2.45) is 5.73 Å². The maximum Gasteiger partial charge on any atom is 0.315 e. The van der Waals surface area contributed by atoms with Crippen molar-refractivity contribution in [3.63, 3.8) is 0 Å². The highest BCUT2D eigenvalue weighted by molar-refractivity contribution is 5.85. The number of carbonyl (C=O) groups excluding carboxylic acids is 1. The molecular weight excluding hydrogens is 230 g/mol. The summed E-state index contributed by atoms with van der Waals surface area (Å²) in [5, 5.41) is 1.45. The third-order valence-electron chi connectivity index (χ3n) is 3.22. The van der Waals surface area contributed by atoms with Gasteiger partial charge in [-0.05, 0) is 23.9 Å². The van der Waals surface area contributed by atoms with Crippen molar-refractivity contribution in [3.8, 4) is 0 Å². The van der Waals surface area contributed by atoms with Crippen LogP contribution in [0.4, 0.5) is 4.79 Å². The maximum absolute atomic E-state index is 11.7. The highest BCUT2D eigenvalue weighted by Gasteiger charge is 2.17. The van der Waals surface area contributed by atoms with Crippen LogP contribution in [-0.2, 0) is 0 Å². The molecule has 2 amide bonds. The lowest BCUT2D eigenvalue weighted by molar-refractivity contribution is 0.204. The predicted octanol–water partition coefficient (Wildman–Crippen LogP) is 1.60. The number of primary amides is 1. The normalized spacial score (nSPS) is 12.3. The van der Waals surface area contributed by atoms with Crippen molar-refractivity contribution in [1.29, 1.82) is 0 Å². The highest BCUT2D eigenvalue weighted by atomic mass is 16.2. The molecule has 0 aliphatic carbocycles. The summed E-state index contributed by atoms with van der Waals surface area (Å²) in [5.41, 5.74) is 5.99. The van der Waals surface area contributed by atoms with Crippen LogP contribution in [0.2, 0.25) is 0 Å². The Morgan fingerprint density at radius 2 is 1.94 bits per heavy atom. The van der Waals surface area contributed by atoms with E-state index in [0.717, 1.165) is 10.9 Å². The number of amides is 2. The third kappa shape index (κ3) is 1.95. The van der Waals surface area contributed by atoms with Gasteiger partial charge in [0.25, 0.3) is 5.56 Å². The minimum absolute atomic E-state index is 0.136. The van der Waals surface area contributed by atoms with Gasteiger partial charge in [-0.15, -0.1) is 0 Å². The summed E-state index contributed by atoms with van der Waals surface area (Å²) in [5.74, 6) is 0. The fourth-order valence-electron chi connectivity index (χ4n) is 1.98. The molecule has 18 heavy (non-hydrogen) atoms. The molecule has 1 heterocycles. The Bertz CT molecular complexity index is 648. The van der Waals surface area contributed by atoms with Gasteiger partial charge in [-0.25, -0.2) is 4.79 Å².